The van der Waals surface area contributed by atoms with Gasteiger partial charge in [-0.1, -0.05) is 13.8 Å². The third kappa shape index (κ3) is 4.86. The molecule has 0 aliphatic carbocycles. The van der Waals surface area contributed by atoms with Crippen LogP contribution in [0, 0.1) is 0 Å². The molecule has 0 saturated heterocycles. The number of carbonyl (C=O) groups is 2. The third-order valence-corrected chi connectivity index (χ3v) is 2.92. The number of hydrogen-bond donors (Lipinski definition) is 2. The molecule has 5 nitrogen and oxygen atoms in total. The van der Waals surface area contributed by atoms with E-state index in [9.17, 15) is 9.59 Å². The third-order valence-electron chi connectivity index (χ3n) is 1.83. The molecule has 0 bridgehead atoms. The number of nitrogens with one attached hydrogen (secondary N) is 1. The van der Waals surface area contributed by atoms with Crippen LogP contribution in [0.1, 0.15) is 24.2 Å². The van der Waals surface area contributed by atoms with Crippen LogP contribution in [0.15, 0.2) is 18.3 Å². The van der Waals surface area contributed by atoms with E-state index < -0.39 is 5.97 Å². The molecule has 0 aliphatic heterocycles. The number of pyridine rings is 1. The Balaban J connectivity index is 2.51. The van der Waals surface area contributed by atoms with E-state index in [1.54, 1.807) is 0 Å². The first-order chi connectivity index (χ1) is 7.99. The highest BCUT2D eigenvalue weighted by Crippen LogP contribution is 2.10. The lowest BCUT2D eigenvalue weighted by Gasteiger charge is -2.06. The van der Waals surface area contributed by atoms with Gasteiger partial charge in [0.2, 0.25) is 5.91 Å². The predicted octanol–water partition coefficient (Wildman–Crippen LogP) is 1.86. The van der Waals surface area contributed by atoms with Gasteiger partial charge in [0.1, 0.15) is 5.82 Å². The first-order valence-corrected chi connectivity index (χ1v) is 6.14. The second kappa shape index (κ2) is 6.24. The van der Waals surface area contributed by atoms with Crippen molar-refractivity contribution in [2.45, 2.75) is 19.1 Å². The lowest BCUT2D eigenvalue weighted by molar-refractivity contribution is -0.113. The maximum Gasteiger partial charge on any atom is 0.337 e. The van der Waals surface area contributed by atoms with Crippen LogP contribution in [-0.2, 0) is 4.79 Å². The van der Waals surface area contributed by atoms with E-state index in [1.807, 2.05) is 13.8 Å². The van der Waals surface area contributed by atoms with Gasteiger partial charge in [-0.15, -0.1) is 11.8 Å². The minimum Gasteiger partial charge on any atom is -0.478 e. The molecule has 6 heteroatoms. The zero-order chi connectivity index (χ0) is 12.8. The van der Waals surface area contributed by atoms with Gasteiger partial charge in [-0.3, -0.25) is 4.79 Å². The molecule has 92 valence electrons. The molecule has 0 radical (unpaired) electrons. The molecule has 0 fully saturated rings. The molecule has 0 spiro atoms. The van der Waals surface area contributed by atoms with Gasteiger partial charge in [-0.05, 0) is 17.4 Å². The number of nitrogens with zero attached hydrogens (tertiary/aromatic N) is 1. The normalized spacial score (nSPS) is 10.3. The van der Waals surface area contributed by atoms with Crippen LogP contribution in [0.2, 0.25) is 0 Å². The van der Waals surface area contributed by atoms with E-state index in [1.165, 1.54) is 30.1 Å². The summed E-state index contributed by atoms with van der Waals surface area (Å²) in [5.41, 5.74) is 0.0968. The van der Waals surface area contributed by atoms with Gasteiger partial charge in [0.15, 0.2) is 0 Å². The number of aromatic nitrogens is 1. The van der Waals surface area contributed by atoms with E-state index in [4.69, 9.17) is 5.11 Å². The van der Waals surface area contributed by atoms with Gasteiger partial charge in [-0.25, -0.2) is 9.78 Å². The van der Waals surface area contributed by atoms with Gasteiger partial charge < -0.3 is 10.4 Å². The van der Waals surface area contributed by atoms with Crippen LogP contribution < -0.4 is 5.32 Å². The zero-order valence-corrected chi connectivity index (χ0v) is 10.5. The molecule has 1 amide bonds. The average molecular weight is 254 g/mol. The van der Waals surface area contributed by atoms with E-state index in [0.29, 0.717) is 16.8 Å². The summed E-state index contributed by atoms with van der Waals surface area (Å²) >= 11 is 1.53. The summed E-state index contributed by atoms with van der Waals surface area (Å²) in [5, 5.41) is 11.7. The number of rotatable bonds is 5. The van der Waals surface area contributed by atoms with Crippen molar-refractivity contribution in [3.05, 3.63) is 23.9 Å². The van der Waals surface area contributed by atoms with Gasteiger partial charge in [0.05, 0.1) is 11.3 Å². The fourth-order valence-electron chi connectivity index (χ4n) is 1.02. The highest BCUT2D eigenvalue weighted by molar-refractivity contribution is 8.00. The topological polar surface area (TPSA) is 79.3 Å². The molecule has 0 unspecified atom stereocenters. The number of anilines is 1. The van der Waals surface area contributed by atoms with E-state index in [-0.39, 0.29) is 11.5 Å². The molecule has 0 aromatic carbocycles. The van der Waals surface area contributed by atoms with Crippen molar-refractivity contribution in [1.82, 2.24) is 4.98 Å². The monoisotopic (exact) mass is 254 g/mol. The average Bonchev–Trinajstić information content (AvgIpc) is 2.27. The maximum absolute atomic E-state index is 11.4. The first kappa shape index (κ1) is 13.5. The summed E-state index contributed by atoms with van der Waals surface area (Å²) in [6, 6.07) is 2.88. The smallest absolute Gasteiger partial charge is 0.337 e. The maximum atomic E-state index is 11.4. The predicted molar refractivity (Wildman–Crippen MR) is 67.4 cm³/mol. The van der Waals surface area contributed by atoms with Crippen molar-refractivity contribution < 1.29 is 14.7 Å². The summed E-state index contributed by atoms with van der Waals surface area (Å²) in [6.07, 6.45) is 1.22. The van der Waals surface area contributed by atoms with Crippen molar-refractivity contribution in [3.63, 3.8) is 0 Å². The Hall–Kier alpha value is -1.56. The quantitative estimate of drug-likeness (QED) is 0.838. The Bertz CT molecular complexity index is 404. The zero-order valence-electron chi connectivity index (χ0n) is 9.64. The van der Waals surface area contributed by atoms with E-state index in [0.717, 1.165) is 0 Å². The largest absolute Gasteiger partial charge is 0.478 e. The number of carbonyl (C=O) groups excluding carboxylic acids is 1. The van der Waals surface area contributed by atoms with Crippen molar-refractivity contribution >= 4 is 29.5 Å². The minimum atomic E-state index is -1.04. The fourth-order valence-corrected chi connectivity index (χ4v) is 1.57. The van der Waals surface area contributed by atoms with E-state index in [2.05, 4.69) is 10.3 Å². The van der Waals surface area contributed by atoms with Crippen molar-refractivity contribution in [1.29, 1.82) is 0 Å². The molecule has 1 heterocycles. The van der Waals surface area contributed by atoms with Gasteiger partial charge >= 0.3 is 5.97 Å². The Kier molecular flexibility index (Phi) is 4.96. The lowest BCUT2D eigenvalue weighted by atomic mass is 10.3. The van der Waals surface area contributed by atoms with Gasteiger partial charge in [0, 0.05) is 6.20 Å². The number of hydrogen-bond acceptors (Lipinski definition) is 4. The van der Waals surface area contributed by atoms with Crippen LogP contribution >= 0.6 is 11.8 Å². The SMILES string of the molecule is CC(C)SCC(=O)Nc1ccc(C(=O)O)cn1. The Labute approximate surface area is 104 Å². The number of carboxylic acids is 1. The number of thioether (sulfide) groups is 1. The minimum absolute atomic E-state index is 0.0968. The standard InChI is InChI=1S/C11H14N2O3S/c1-7(2)17-6-10(14)13-9-4-3-8(5-12-9)11(15)16/h3-5,7H,6H2,1-2H3,(H,15,16)(H,12,13,14). The van der Waals surface area contributed by atoms with Crippen LogP contribution in [0.25, 0.3) is 0 Å². The van der Waals surface area contributed by atoms with Gasteiger partial charge in [0.25, 0.3) is 0 Å². The summed E-state index contributed by atoms with van der Waals surface area (Å²) in [7, 11) is 0. The van der Waals surface area contributed by atoms with Crippen LogP contribution in [-0.4, -0.2) is 33.0 Å². The molecule has 0 aliphatic rings. The molecule has 1 aromatic rings. The highest BCUT2D eigenvalue weighted by Gasteiger charge is 2.06. The molecule has 0 atom stereocenters. The first-order valence-electron chi connectivity index (χ1n) is 5.10. The summed E-state index contributed by atoms with van der Waals surface area (Å²) in [6.45, 7) is 4.02. The highest BCUT2D eigenvalue weighted by atomic mass is 32.2. The summed E-state index contributed by atoms with van der Waals surface area (Å²) < 4.78 is 0. The molecule has 17 heavy (non-hydrogen) atoms. The van der Waals surface area contributed by atoms with Crippen molar-refractivity contribution in [2.75, 3.05) is 11.1 Å². The van der Waals surface area contributed by atoms with Crippen molar-refractivity contribution in [3.8, 4) is 0 Å². The molecule has 0 saturated carbocycles. The second-order valence-corrected chi connectivity index (χ2v) is 5.21. The lowest BCUT2D eigenvalue weighted by Crippen LogP contribution is -2.16. The Morgan fingerprint density at radius 2 is 2.18 bits per heavy atom. The fraction of sp³-hybridized carbons (Fsp3) is 0.364. The van der Waals surface area contributed by atoms with Crippen LogP contribution in [0.3, 0.4) is 0 Å². The second-order valence-electron chi connectivity index (χ2n) is 3.65. The van der Waals surface area contributed by atoms with Gasteiger partial charge in [-0.2, -0.15) is 0 Å². The molecular weight excluding hydrogens is 240 g/mol. The van der Waals surface area contributed by atoms with Crippen molar-refractivity contribution in [2.24, 2.45) is 0 Å². The molecule has 1 rings (SSSR count). The van der Waals surface area contributed by atoms with E-state index >= 15 is 0 Å². The number of carboxylic acid groups (broad SMARTS) is 1. The Morgan fingerprint density at radius 1 is 1.47 bits per heavy atom. The molecular formula is C11H14N2O3S. The summed E-state index contributed by atoms with van der Waals surface area (Å²) in [4.78, 5) is 25.9. The summed E-state index contributed by atoms with van der Waals surface area (Å²) in [5.74, 6) is -0.450. The van der Waals surface area contributed by atoms with Crippen LogP contribution in [0.4, 0.5) is 5.82 Å². The number of amides is 1. The Morgan fingerprint density at radius 3 is 2.65 bits per heavy atom. The number of aromatic carboxylic acids is 1. The molecule has 2 N–H and O–H groups in total. The van der Waals surface area contributed by atoms with Crippen LogP contribution in [0.5, 0.6) is 0 Å². The molecule has 1 aromatic heterocycles.